The molecule has 0 unspecified atom stereocenters. The van der Waals surface area contributed by atoms with E-state index >= 15 is 0 Å². The lowest BCUT2D eigenvalue weighted by Crippen LogP contribution is -2.52. The monoisotopic (exact) mass is 359 g/mol. The topological polar surface area (TPSA) is 66.7 Å². The highest BCUT2D eigenvalue weighted by molar-refractivity contribution is 5.95. The fraction of sp³-hybridized carbons (Fsp3) is 0.750. The summed E-state index contributed by atoms with van der Waals surface area (Å²) < 4.78 is 5.47. The Morgan fingerprint density at radius 2 is 2.08 bits per heavy atom. The molecule has 142 valence electrons. The summed E-state index contributed by atoms with van der Waals surface area (Å²) in [4.78, 5) is 34.2. The second-order valence-corrected chi connectivity index (χ2v) is 9.49. The Hall–Kier alpha value is -1.85. The van der Waals surface area contributed by atoms with E-state index in [4.69, 9.17) is 4.42 Å². The summed E-state index contributed by atoms with van der Waals surface area (Å²) in [5, 5.41) is 0. The number of carbonyl (C=O) groups excluding carboxylic acids is 2. The lowest BCUT2D eigenvalue weighted by Gasteiger charge is -2.41. The van der Waals surface area contributed by atoms with Gasteiger partial charge in [0, 0.05) is 32.1 Å². The number of amides is 2. The minimum absolute atomic E-state index is 0.0710. The third kappa shape index (κ3) is 3.14. The average Bonchev–Trinajstić information content (AvgIpc) is 3.14. The summed E-state index contributed by atoms with van der Waals surface area (Å²) in [6.45, 7) is 9.24. The first-order chi connectivity index (χ1) is 12.3. The highest BCUT2D eigenvalue weighted by Gasteiger charge is 2.50. The summed E-state index contributed by atoms with van der Waals surface area (Å²) in [7, 11) is 0. The van der Waals surface area contributed by atoms with Crippen molar-refractivity contribution in [3.8, 4) is 0 Å². The van der Waals surface area contributed by atoms with Crippen molar-refractivity contribution in [1.82, 2.24) is 14.8 Å². The Labute approximate surface area is 154 Å². The van der Waals surface area contributed by atoms with Gasteiger partial charge in [0.1, 0.15) is 5.76 Å². The van der Waals surface area contributed by atoms with E-state index in [1.165, 1.54) is 6.39 Å². The van der Waals surface area contributed by atoms with Crippen LogP contribution in [0.3, 0.4) is 0 Å². The number of carbonyl (C=O) groups is 2. The van der Waals surface area contributed by atoms with E-state index in [9.17, 15) is 9.59 Å². The molecule has 1 atom stereocenters. The molecule has 0 aromatic carbocycles. The molecule has 6 heteroatoms. The van der Waals surface area contributed by atoms with E-state index in [1.54, 1.807) is 0 Å². The molecule has 1 spiro atoms. The van der Waals surface area contributed by atoms with Crippen LogP contribution in [0, 0.1) is 10.8 Å². The Bertz CT molecular complexity index is 716. The van der Waals surface area contributed by atoms with Crippen molar-refractivity contribution < 1.29 is 14.0 Å². The van der Waals surface area contributed by atoms with E-state index in [2.05, 4.69) is 25.8 Å². The van der Waals surface area contributed by atoms with Gasteiger partial charge in [0.25, 0.3) is 5.91 Å². The van der Waals surface area contributed by atoms with Gasteiger partial charge in [-0.25, -0.2) is 4.98 Å². The zero-order chi connectivity index (χ0) is 18.5. The maximum Gasteiger partial charge on any atom is 0.276 e. The number of hydrogen-bond donors (Lipinski definition) is 0. The molecule has 26 heavy (non-hydrogen) atoms. The molecule has 0 radical (unpaired) electrons. The molecular weight excluding hydrogens is 330 g/mol. The highest BCUT2D eigenvalue weighted by Crippen LogP contribution is 2.44. The molecule has 2 amide bonds. The van der Waals surface area contributed by atoms with Gasteiger partial charge in [-0.05, 0) is 37.5 Å². The molecule has 2 saturated heterocycles. The van der Waals surface area contributed by atoms with Gasteiger partial charge in [-0.15, -0.1) is 0 Å². The summed E-state index contributed by atoms with van der Waals surface area (Å²) in [6.07, 6.45) is 6.17. The highest BCUT2D eigenvalue weighted by atomic mass is 16.3. The number of likely N-dealkylation sites (tertiary alicyclic amines) is 2. The zero-order valence-corrected chi connectivity index (χ0v) is 16.1. The third-order valence-corrected chi connectivity index (χ3v) is 5.88. The van der Waals surface area contributed by atoms with Gasteiger partial charge in [0.2, 0.25) is 5.91 Å². The first kappa shape index (κ1) is 17.6. The fourth-order valence-electron chi connectivity index (χ4n) is 4.50. The maximum atomic E-state index is 13.2. The van der Waals surface area contributed by atoms with Crippen molar-refractivity contribution in [2.24, 2.45) is 10.8 Å². The van der Waals surface area contributed by atoms with Gasteiger partial charge in [0.05, 0.1) is 5.41 Å². The molecule has 1 aliphatic carbocycles. The number of aromatic nitrogens is 1. The van der Waals surface area contributed by atoms with Gasteiger partial charge in [0.15, 0.2) is 12.1 Å². The first-order valence-electron chi connectivity index (χ1n) is 9.81. The fourth-order valence-corrected chi connectivity index (χ4v) is 4.50. The van der Waals surface area contributed by atoms with Gasteiger partial charge >= 0.3 is 0 Å². The van der Waals surface area contributed by atoms with Crippen LogP contribution in [0.15, 0.2) is 10.8 Å². The number of hydrogen-bond acceptors (Lipinski definition) is 4. The number of rotatable bonds is 3. The molecule has 1 aromatic heterocycles. The van der Waals surface area contributed by atoms with Crippen LogP contribution in [0.25, 0.3) is 0 Å². The van der Waals surface area contributed by atoms with Gasteiger partial charge in [-0.3, -0.25) is 9.59 Å². The number of piperidine rings is 1. The quantitative estimate of drug-likeness (QED) is 0.832. The largest absolute Gasteiger partial charge is 0.447 e. The van der Waals surface area contributed by atoms with E-state index in [1.807, 2.05) is 9.80 Å². The molecule has 0 N–H and O–H groups in total. The van der Waals surface area contributed by atoms with Crippen molar-refractivity contribution >= 4 is 11.8 Å². The van der Waals surface area contributed by atoms with Crippen molar-refractivity contribution in [2.75, 3.05) is 26.2 Å². The van der Waals surface area contributed by atoms with E-state index in [0.29, 0.717) is 24.7 Å². The molecule has 1 saturated carbocycles. The van der Waals surface area contributed by atoms with Gasteiger partial charge < -0.3 is 14.2 Å². The van der Waals surface area contributed by atoms with Crippen LogP contribution in [-0.4, -0.2) is 52.8 Å². The van der Waals surface area contributed by atoms with Crippen LogP contribution in [0.1, 0.15) is 75.0 Å². The standard InChI is InChI=1S/C20H29N3O3/c1-19(2,3)11-23-9-4-7-20(18(23)25)8-10-22(12-20)17(24)15-16(14-5-6-14)26-13-21-15/h13-14H,4-12H2,1-3H3/t20-/m1/s1. The van der Waals surface area contributed by atoms with Crippen LogP contribution >= 0.6 is 0 Å². The molecule has 2 aliphatic heterocycles. The summed E-state index contributed by atoms with van der Waals surface area (Å²) in [5.74, 6) is 1.25. The smallest absolute Gasteiger partial charge is 0.276 e. The first-order valence-corrected chi connectivity index (χ1v) is 9.81. The van der Waals surface area contributed by atoms with Crippen LogP contribution in [0.4, 0.5) is 0 Å². The van der Waals surface area contributed by atoms with E-state index < -0.39 is 5.41 Å². The second kappa shape index (κ2) is 6.10. The lowest BCUT2D eigenvalue weighted by atomic mass is 9.77. The molecule has 0 bridgehead atoms. The number of oxazole rings is 1. The molecular formula is C20H29N3O3. The Kier molecular flexibility index (Phi) is 4.12. The molecule has 6 nitrogen and oxygen atoms in total. The lowest BCUT2D eigenvalue weighted by molar-refractivity contribution is -0.146. The predicted octanol–water partition coefficient (Wildman–Crippen LogP) is 3.05. The molecule has 3 heterocycles. The van der Waals surface area contributed by atoms with Crippen molar-refractivity contribution in [3.63, 3.8) is 0 Å². The molecule has 3 aliphatic rings. The normalized spacial score (nSPS) is 26.8. The Balaban J connectivity index is 1.49. The SMILES string of the molecule is CC(C)(C)CN1CCC[C@]2(CCN(C(=O)c3ncoc3C3CC3)C2)C1=O. The number of nitrogens with zero attached hydrogens (tertiary/aromatic N) is 3. The van der Waals surface area contributed by atoms with Crippen molar-refractivity contribution in [3.05, 3.63) is 17.8 Å². The second-order valence-electron chi connectivity index (χ2n) is 9.49. The van der Waals surface area contributed by atoms with E-state index in [-0.39, 0.29) is 17.2 Å². The van der Waals surface area contributed by atoms with Crippen LogP contribution in [0.5, 0.6) is 0 Å². The van der Waals surface area contributed by atoms with Crippen LogP contribution in [0.2, 0.25) is 0 Å². The molecule has 3 fully saturated rings. The van der Waals surface area contributed by atoms with Crippen molar-refractivity contribution in [2.45, 2.75) is 58.8 Å². The van der Waals surface area contributed by atoms with Gasteiger partial charge in [-0.2, -0.15) is 0 Å². The van der Waals surface area contributed by atoms with E-state index in [0.717, 1.165) is 51.0 Å². The predicted molar refractivity (Wildman–Crippen MR) is 96.7 cm³/mol. The molecule has 1 aromatic rings. The summed E-state index contributed by atoms with van der Waals surface area (Å²) >= 11 is 0. The third-order valence-electron chi connectivity index (χ3n) is 5.88. The zero-order valence-electron chi connectivity index (χ0n) is 16.1. The minimum atomic E-state index is -0.400. The average molecular weight is 359 g/mol. The van der Waals surface area contributed by atoms with Crippen molar-refractivity contribution in [1.29, 1.82) is 0 Å². The van der Waals surface area contributed by atoms with Gasteiger partial charge in [-0.1, -0.05) is 20.8 Å². The van der Waals surface area contributed by atoms with Crippen LogP contribution in [-0.2, 0) is 4.79 Å². The Morgan fingerprint density at radius 1 is 1.31 bits per heavy atom. The maximum absolute atomic E-state index is 13.2. The Morgan fingerprint density at radius 3 is 2.77 bits per heavy atom. The van der Waals surface area contributed by atoms with Crippen LogP contribution < -0.4 is 0 Å². The molecule has 4 rings (SSSR count). The minimum Gasteiger partial charge on any atom is -0.447 e. The summed E-state index contributed by atoms with van der Waals surface area (Å²) in [5.41, 5.74) is 0.143. The summed E-state index contributed by atoms with van der Waals surface area (Å²) in [6, 6.07) is 0.